The number of aliphatic hydroxyl groups is 2. The van der Waals surface area contributed by atoms with E-state index in [1.54, 1.807) is 33.1 Å². The molecule has 1 spiro atoms. The highest BCUT2D eigenvalue weighted by molar-refractivity contribution is 5.90. The third-order valence-electron chi connectivity index (χ3n) is 13.7. The van der Waals surface area contributed by atoms with Crippen LogP contribution in [0.4, 0.5) is 0 Å². The fraction of sp³-hybridized carbons (Fsp3) is 0.612. The van der Waals surface area contributed by atoms with E-state index in [0.717, 1.165) is 12.0 Å². The molecular weight excluding hydrogens is 795 g/mol. The van der Waals surface area contributed by atoms with Crippen LogP contribution in [0.15, 0.2) is 83.5 Å². The van der Waals surface area contributed by atoms with Gasteiger partial charge in [-0.3, -0.25) is 4.79 Å². The van der Waals surface area contributed by atoms with Crippen molar-refractivity contribution in [2.24, 2.45) is 23.7 Å². The molecule has 1 aromatic carbocycles. The number of benzene rings is 1. The first-order chi connectivity index (χ1) is 29.6. The highest BCUT2D eigenvalue weighted by atomic mass is 16.7. The molecule has 0 radical (unpaired) electrons. The van der Waals surface area contributed by atoms with Crippen LogP contribution >= 0.6 is 0 Å². The summed E-state index contributed by atoms with van der Waals surface area (Å²) < 4.78 is 51.1. The van der Waals surface area contributed by atoms with Crippen molar-refractivity contribution in [1.29, 1.82) is 5.26 Å². The summed E-state index contributed by atoms with van der Waals surface area (Å²) >= 11 is 0. The zero-order valence-corrected chi connectivity index (χ0v) is 37.1. The molecule has 0 amide bonds. The van der Waals surface area contributed by atoms with Crippen LogP contribution in [-0.4, -0.2) is 108 Å². The Balaban J connectivity index is 1.27. The summed E-state index contributed by atoms with van der Waals surface area (Å²) in [5.41, 5.74) is 0.543. The molecule has 336 valence electrons. The number of allylic oxidation sites excluding steroid dienone is 2. The molecule has 0 unspecified atom stereocenters. The monoisotopic (exact) mass is 857 g/mol. The molecule has 13 heteroatoms. The Kier molecular flexibility index (Phi) is 14.1. The van der Waals surface area contributed by atoms with Crippen molar-refractivity contribution in [2.45, 2.75) is 153 Å². The van der Waals surface area contributed by atoms with Gasteiger partial charge in [0, 0.05) is 38.2 Å². The van der Waals surface area contributed by atoms with E-state index in [4.69, 9.17) is 37.9 Å². The third-order valence-corrected chi connectivity index (χ3v) is 13.7. The lowest BCUT2D eigenvalue weighted by Gasteiger charge is -2.48. The number of hydrogen-bond acceptors (Lipinski definition) is 13. The lowest BCUT2D eigenvalue weighted by atomic mass is 9.70. The predicted molar refractivity (Wildman–Crippen MR) is 227 cm³/mol. The maximum atomic E-state index is 14.7. The average Bonchev–Trinajstić information content (AvgIpc) is 3.60. The van der Waals surface area contributed by atoms with Crippen LogP contribution in [0.2, 0.25) is 0 Å². The Morgan fingerprint density at radius 1 is 1.03 bits per heavy atom. The summed E-state index contributed by atoms with van der Waals surface area (Å²) in [6, 6.07) is 8.12. The maximum absolute atomic E-state index is 14.7. The Labute approximate surface area is 365 Å². The zero-order chi connectivity index (χ0) is 44.5. The minimum absolute atomic E-state index is 0.0423. The second-order valence-electron chi connectivity index (χ2n) is 18.1. The van der Waals surface area contributed by atoms with Gasteiger partial charge in [0.25, 0.3) is 0 Å². The van der Waals surface area contributed by atoms with Crippen molar-refractivity contribution < 1.29 is 57.7 Å². The first-order valence-corrected chi connectivity index (χ1v) is 22.1. The van der Waals surface area contributed by atoms with Gasteiger partial charge in [0.05, 0.1) is 54.3 Å². The lowest BCUT2D eigenvalue weighted by molar-refractivity contribution is -0.300. The fourth-order valence-corrected chi connectivity index (χ4v) is 9.87. The maximum Gasteiger partial charge on any atom is 0.338 e. The number of esters is 2. The molecule has 0 aromatic heterocycles. The van der Waals surface area contributed by atoms with Crippen molar-refractivity contribution in [2.75, 3.05) is 13.7 Å². The molecule has 6 aliphatic rings. The van der Waals surface area contributed by atoms with Crippen LogP contribution in [0, 0.1) is 35.0 Å². The van der Waals surface area contributed by atoms with Crippen LogP contribution in [0.25, 0.3) is 0 Å². The average molecular weight is 858 g/mol. The Bertz CT molecular complexity index is 2000. The van der Waals surface area contributed by atoms with Gasteiger partial charge < -0.3 is 48.1 Å². The molecular formula is C49H63NO12. The van der Waals surface area contributed by atoms with E-state index in [2.05, 4.69) is 32.9 Å². The van der Waals surface area contributed by atoms with E-state index in [9.17, 15) is 25.1 Å². The van der Waals surface area contributed by atoms with Gasteiger partial charge in [0.2, 0.25) is 0 Å². The van der Waals surface area contributed by atoms with Gasteiger partial charge in [0.15, 0.2) is 18.2 Å². The smallest absolute Gasteiger partial charge is 0.338 e. The van der Waals surface area contributed by atoms with E-state index >= 15 is 0 Å². The Morgan fingerprint density at radius 3 is 2.50 bits per heavy atom. The number of rotatable bonds is 7. The predicted octanol–water partition coefficient (Wildman–Crippen LogP) is 6.58. The number of nitriles is 1. The molecule has 3 saturated heterocycles. The summed E-state index contributed by atoms with van der Waals surface area (Å²) in [6.45, 7) is 14.0. The fourth-order valence-electron chi connectivity index (χ4n) is 9.87. The van der Waals surface area contributed by atoms with Crippen molar-refractivity contribution in [3.8, 4) is 6.07 Å². The summed E-state index contributed by atoms with van der Waals surface area (Å²) in [7, 11) is 1.57. The minimum Gasteiger partial charge on any atom is -0.462 e. The van der Waals surface area contributed by atoms with Crippen LogP contribution in [0.1, 0.15) is 96.5 Å². The normalized spacial score (nSPS) is 42.5. The molecule has 3 fully saturated rings. The van der Waals surface area contributed by atoms with E-state index < -0.39 is 84.4 Å². The highest BCUT2D eigenvalue weighted by Gasteiger charge is 2.61. The molecule has 0 saturated carbocycles. The minimum atomic E-state index is -1.95. The molecule has 1 aromatic rings. The van der Waals surface area contributed by atoms with Gasteiger partial charge in [-0.1, -0.05) is 70.6 Å². The molecule has 2 bridgehead atoms. The summed E-state index contributed by atoms with van der Waals surface area (Å²) in [5.74, 6) is -3.49. The second-order valence-corrected chi connectivity index (χ2v) is 18.1. The van der Waals surface area contributed by atoms with Gasteiger partial charge in [-0.25, -0.2) is 4.79 Å². The van der Waals surface area contributed by atoms with Crippen LogP contribution in [0.5, 0.6) is 0 Å². The van der Waals surface area contributed by atoms with Crippen molar-refractivity contribution in [1.82, 2.24) is 0 Å². The van der Waals surface area contributed by atoms with Gasteiger partial charge in [-0.05, 0) is 80.2 Å². The van der Waals surface area contributed by atoms with E-state index in [1.807, 2.05) is 38.1 Å². The number of methoxy groups -OCH3 is 1. The van der Waals surface area contributed by atoms with Crippen LogP contribution in [0.3, 0.4) is 0 Å². The lowest BCUT2D eigenvalue weighted by Crippen LogP contribution is -2.59. The Morgan fingerprint density at radius 2 is 1.79 bits per heavy atom. The SMILES string of the molecule is CC[C@H](C)[C@H]1O[C@]2(C=C[C@@H]1C)C[C@@H]1C[C@@H](C/C=C(\C)[C@@H](O[C@H]3C[C@H](OC)[C@@H](O)[C@H](C)O3)[C@@H](C)/C=C/C=C3\CO[C@@H]4[C@H](OC(=O)c5ccc(C#N)cc5)C(C)=C[C@@H](C(=O)O1)[C@]34O)O2. The zero-order valence-electron chi connectivity index (χ0n) is 37.1. The topological polar surface area (TPSA) is 172 Å². The van der Waals surface area contributed by atoms with Gasteiger partial charge in [-0.2, -0.15) is 5.26 Å². The number of aliphatic hydroxyl groups excluding tert-OH is 1. The number of hydrogen-bond donors (Lipinski definition) is 2. The number of nitrogens with zero attached hydrogens (tertiary/aromatic N) is 1. The van der Waals surface area contributed by atoms with Crippen molar-refractivity contribution >= 4 is 11.9 Å². The van der Waals surface area contributed by atoms with Crippen molar-refractivity contribution in [3.05, 3.63) is 94.6 Å². The standard InChI is InChI=1S/C49H63NO12/c1-9-27(2)43-30(5)19-20-48(62-43)24-37-22-36(61-48)18-13-29(4)42(59-40-23-39(55-8)41(51)32(7)57-40)28(3)11-10-12-35-26-56-45-44(31(6)21-38(47(53)58-37)49(35,45)54)60-46(52)34-16-14-33(25-50)15-17-34/h10-17,19-21,27-28,30,32,36-45,51,54H,9,18,22-24,26H2,1-8H3/b11-10+,29-13+,35-12+/t27-,28-,30-,32-,36+,37-,38-,39-,40-,41-,42-,43+,44+,45+,48+,49+/m0/s1. The van der Waals surface area contributed by atoms with E-state index in [0.29, 0.717) is 36.0 Å². The van der Waals surface area contributed by atoms with E-state index in [1.165, 1.54) is 24.3 Å². The number of ether oxygens (including phenoxy) is 8. The molecule has 7 rings (SSSR count). The van der Waals surface area contributed by atoms with Gasteiger partial charge in [0.1, 0.15) is 29.8 Å². The van der Waals surface area contributed by atoms with Crippen LogP contribution < -0.4 is 0 Å². The highest BCUT2D eigenvalue weighted by Crippen LogP contribution is 2.48. The molecule has 2 N–H and O–H groups in total. The molecule has 1 aliphatic carbocycles. The summed E-state index contributed by atoms with van der Waals surface area (Å²) in [5, 5.41) is 32.9. The molecule has 62 heavy (non-hydrogen) atoms. The van der Waals surface area contributed by atoms with Gasteiger partial charge >= 0.3 is 11.9 Å². The molecule has 13 nitrogen and oxygen atoms in total. The summed E-state index contributed by atoms with van der Waals surface area (Å²) in [4.78, 5) is 28.2. The van der Waals surface area contributed by atoms with E-state index in [-0.39, 0.29) is 42.4 Å². The molecule has 5 heterocycles. The van der Waals surface area contributed by atoms with Crippen molar-refractivity contribution in [3.63, 3.8) is 0 Å². The Hall–Kier alpha value is -3.97. The molecule has 16 atom stereocenters. The first-order valence-electron chi connectivity index (χ1n) is 22.1. The molecule has 5 aliphatic heterocycles. The second kappa shape index (κ2) is 19.0. The number of carbonyl (C=O) groups is 2. The number of fused-ring (bicyclic) bond motifs is 2. The number of carbonyl (C=O) groups excluding carboxylic acids is 2. The first kappa shape index (κ1) is 46.0. The van der Waals surface area contributed by atoms with Gasteiger partial charge in [-0.15, -0.1) is 0 Å². The largest absolute Gasteiger partial charge is 0.462 e. The van der Waals surface area contributed by atoms with Crippen LogP contribution in [-0.2, 0) is 42.7 Å². The summed E-state index contributed by atoms with van der Waals surface area (Å²) in [6.07, 6.45) is 9.47. The quantitative estimate of drug-likeness (QED) is 0.223. The third kappa shape index (κ3) is 9.31.